The van der Waals surface area contributed by atoms with Gasteiger partial charge in [-0.1, -0.05) is 6.07 Å². The second-order valence-corrected chi connectivity index (χ2v) is 4.48. The summed E-state index contributed by atoms with van der Waals surface area (Å²) in [6.07, 6.45) is 1.19. The molecular formula is C13H19NO2. The van der Waals surface area contributed by atoms with Gasteiger partial charge in [0.1, 0.15) is 0 Å². The van der Waals surface area contributed by atoms with Crippen molar-refractivity contribution >= 4 is 0 Å². The van der Waals surface area contributed by atoms with Crippen molar-refractivity contribution in [3.8, 4) is 11.5 Å². The highest BCUT2D eigenvalue weighted by Gasteiger charge is 2.40. The molecule has 1 aliphatic carbocycles. The monoisotopic (exact) mass is 221 g/mol. The first kappa shape index (κ1) is 11.3. The minimum absolute atomic E-state index is 0.276. The second kappa shape index (κ2) is 4.34. The summed E-state index contributed by atoms with van der Waals surface area (Å²) in [7, 11) is 3.32. The molecule has 0 spiro atoms. The Kier molecular flexibility index (Phi) is 3.06. The summed E-state index contributed by atoms with van der Waals surface area (Å²) >= 11 is 0. The Labute approximate surface area is 96.5 Å². The highest BCUT2D eigenvalue weighted by atomic mass is 16.5. The molecule has 3 atom stereocenters. The fourth-order valence-electron chi connectivity index (χ4n) is 2.26. The highest BCUT2D eigenvalue weighted by Crippen LogP contribution is 2.50. The van der Waals surface area contributed by atoms with Crippen LogP contribution in [0, 0.1) is 5.92 Å². The number of methoxy groups -OCH3 is 2. The Hall–Kier alpha value is -1.22. The number of hydrogen-bond donors (Lipinski definition) is 1. The van der Waals surface area contributed by atoms with Crippen molar-refractivity contribution in [2.75, 3.05) is 14.2 Å². The molecule has 2 rings (SSSR count). The zero-order chi connectivity index (χ0) is 11.7. The van der Waals surface area contributed by atoms with Crippen LogP contribution in [0.25, 0.3) is 0 Å². The molecule has 3 nitrogen and oxygen atoms in total. The van der Waals surface area contributed by atoms with Gasteiger partial charge in [0.25, 0.3) is 0 Å². The predicted molar refractivity (Wildman–Crippen MR) is 64.0 cm³/mol. The van der Waals surface area contributed by atoms with Crippen LogP contribution in [-0.2, 0) is 0 Å². The van der Waals surface area contributed by atoms with Gasteiger partial charge in [0.15, 0.2) is 11.5 Å². The van der Waals surface area contributed by atoms with Crippen molar-refractivity contribution in [2.24, 2.45) is 11.7 Å². The van der Waals surface area contributed by atoms with Gasteiger partial charge < -0.3 is 15.2 Å². The van der Waals surface area contributed by atoms with E-state index in [1.165, 1.54) is 12.0 Å². The van der Waals surface area contributed by atoms with E-state index in [0.717, 1.165) is 11.5 Å². The Morgan fingerprint density at radius 3 is 2.44 bits per heavy atom. The molecule has 1 saturated carbocycles. The minimum atomic E-state index is 0.276. The van der Waals surface area contributed by atoms with Gasteiger partial charge in [-0.05, 0) is 42.9 Å². The summed E-state index contributed by atoms with van der Waals surface area (Å²) in [5.41, 5.74) is 7.20. The fourth-order valence-corrected chi connectivity index (χ4v) is 2.26. The van der Waals surface area contributed by atoms with Gasteiger partial charge in [-0.2, -0.15) is 0 Å². The smallest absolute Gasteiger partial charge is 0.160 e. The average molecular weight is 221 g/mol. The molecule has 0 heterocycles. The van der Waals surface area contributed by atoms with Crippen molar-refractivity contribution in [1.82, 2.24) is 0 Å². The van der Waals surface area contributed by atoms with Crippen molar-refractivity contribution in [1.29, 1.82) is 0 Å². The summed E-state index contributed by atoms with van der Waals surface area (Å²) in [4.78, 5) is 0. The summed E-state index contributed by atoms with van der Waals surface area (Å²) in [6.45, 7) is 2.07. The van der Waals surface area contributed by atoms with Crippen LogP contribution in [0.15, 0.2) is 18.2 Å². The first-order valence-electron chi connectivity index (χ1n) is 5.65. The molecule has 0 bridgehead atoms. The van der Waals surface area contributed by atoms with Crippen LogP contribution in [0.4, 0.5) is 0 Å². The molecule has 0 unspecified atom stereocenters. The number of rotatable bonds is 4. The lowest BCUT2D eigenvalue weighted by Gasteiger charge is -2.10. The SMILES string of the molecule is COc1ccc([C@@H]2C[C@@H]2[C@H](C)N)cc1OC. The molecular weight excluding hydrogens is 202 g/mol. The Bertz CT molecular complexity index is 376. The van der Waals surface area contributed by atoms with Gasteiger partial charge in [0, 0.05) is 6.04 Å². The lowest BCUT2D eigenvalue weighted by Crippen LogP contribution is -2.17. The maximum Gasteiger partial charge on any atom is 0.160 e. The summed E-state index contributed by atoms with van der Waals surface area (Å²) in [5, 5.41) is 0. The van der Waals surface area contributed by atoms with Gasteiger partial charge in [-0.15, -0.1) is 0 Å². The zero-order valence-electron chi connectivity index (χ0n) is 10.1. The normalized spacial score (nSPS) is 25.0. The third kappa shape index (κ3) is 2.00. The minimum Gasteiger partial charge on any atom is -0.493 e. The Morgan fingerprint density at radius 2 is 1.94 bits per heavy atom. The van der Waals surface area contributed by atoms with Crippen molar-refractivity contribution in [3.63, 3.8) is 0 Å². The average Bonchev–Trinajstić information content (AvgIpc) is 3.08. The van der Waals surface area contributed by atoms with E-state index < -0.39 is 0 Å². The van der Waals surface area contributed by atoms with E-state index in [1.807, 2.05) is 6.07 Å². The van der Waals surface area contributed by atoms with Crippen LogP contribution in [0.3, 0.4) is 0 Å². The summed E-state index contributed by atoms with van der Waals surface area (Å²) in [6, 6.07) is 6.41. The predicted octanol–water partition coefficient (Wildman–Crippen LogP) is 2.15. The maximum atomic E-state index is 5.90. The molecule has 2 N–H and O–H groups in total. The van der Waals surface area contributed by atoms with Gasteiger partial charge >= 0.3 is 0 Å². The quantitative estimate of drug-likeness (QED) is 0.847. The molecule has 3 heteroatoms. The van der Waals surface area contributed by atoms with E-state index in [1.54, 1.807) is 14.2 Å². The van der Waals surface area contributed by atoms with E-state index in [-0.39, 0.29) is 6.04 Å². The van der Waals surface area contributed by atoms with Crippen LogP contribution < -0.4 is 15.2 Å². The third-order valence-corrected chi connectivity index (χ3v) is 3.35. The standard InChI is InChI=1S/C13H19NO2/c1-8(14)10-7-11(10)9-4-5-12(15-2)13(6-9)16-3/h4-6,8,10-11H,7,14H2,1-3H3/t8-,10+,11-/m0/s1. The molecule has 1 fully saturated rings. The topological polar surface area (TPSA) is 44.5 Å². The third-order valence-electron chi connectivity index (χ3n) is 3.35. The van der Waals surface area contributed by atoms with Gasteiger partial charge in [-0.3, -0.25) is 0 Å². The lowest BCUT2D eigenvalue weighted by molar-refractivity contribution is 0.354. The molecule has 0 radical (unpaired) electrons. The molecule has 88 valence electrons. The number of nitrogens with two attached hydrogens (primary N) is 1. The molecule has 1 aliphatic rings. The van der Waals surface area contributed by atoms with Gasteiger partial charge in [0.05, 0.1) is 14.2 Å². The molecule has 1 aromatic carbocycles. The number of benzene rings is 1. The summed E-state index contributed by atoms with van der Waals surface area (Å²) < 4.78 is 10.5. The molecule has 0 aliphatic heterocycles. The van der Waals surface area contributed by atoms with Crippen LogP contribution in [-0.4, -0.2) is 20.3 Å². The van der Waals surface area contributed by atoms with Crippen molar-refractivity contribution < 1.29 is 9.47 Å². The largest absolute Gasteiger partial charge is 0.493 e. The van der Waals surface area contributed by atoms with Crippen molar-refractivity contribution in [3.05, 3.63) is 23.8 Å². The van der Waals surface area contributed by atoms with Crippen molar-refractivity contribution in [2.45, 2.75) is 25.3 Å². The van der Waals surface area contributed by atoms with Gasteiger partial charge in [0.2, 0.25) is 0 Å². The first-order chi connectivity index (χ1) is 7.67. The van der Waals surface area contributed by atoms with E-state index in [4.69, 9.17) is 15.2 Å². The fraction of sp³-hybridized carbons (Fsp3) is 0.538. The summed E-state index contributed by atoms with van der Waals surface area (Å²) in [5.74, 6) is 2.80. The van der Waals surface area contributed by atoms with E-state index in [9.17, 15) is 0 Å². The maximum absolute atomic E-state index is 5.90. The molecule has 0 saturated heterocycles. The van der Waals surface area contributed by atoms with Crippen LogP contribution in [0.2, 0.25) is 0 Å². The molecule has 1 aromatic rings. The molecule has 0 amide bonds. The van der Waals surface area contributed by atoms with E-state index in [0.29, 0.717) is 11.8 Å². The van der Waals surface area contributed by atoms with Gasteiger partial charge in [-0.25, -0.2) is 0 Å². The molecule has 16 heavy (non-hydrogen) atoms. The zero-order valence-corrected chi connectivity index (χ0v) is 10.1. The lowest BCUT2D eigenvalue weighted by atomic mass is 10.1. The highest BCUT2D eigenvalue weighted by molar-refractivity contribution is 5.45. The van der Waals surface area contributed by atoms with E-state index in [2.05, 4.69) is 19.1 Å². The van der Waals surface area contributed by atoms with Crippen LogP contribution >= 0.6 is 0 Å². The number of ether oxygens (including phenoxy) is 2. The van der Waals surface area contributed by atoms with Crippen LogP contribution in [0.5, 0.6) is 11.5 Å². The molecule has 0 aromatic heterocycles. The second-order valence-electron chi connectivity index (χ2n) is 4.48. The number of hydrogen-bond acceptors (Lipinski definition) is 3. The Balaban J connectivity index is 2.18. The van der Waals surface area contributed by atoms with Crippen LogP contribution in [0.1, 0.15) is 24.8 Å². The Morgan fingerprint density at radius 1 is 1.25 bits per heavy atom. The first-order valence-corrected chi connectivity index (χ1v) is 5.65. The van der Waals surface area contributed by atoms with E-state index >= 15 is 0 Å².